The lowest BCUT2D eigenvalue weighted by molar-refractivity contribution is -0.123. The SMILES string of the molecule is C=CCN1C(=O)c2ccc(C(=O)OC(C)C(=O)Nc3cc(Cl)c(Cl)cc3Cl)cc2C1=O. The number of esters is 1. The molecule has 0 bridgehead atoms. The van der Waals surface area contributed by atoms with Crippen LogP contribution >= 0.6 is 34.8 Å². The highest BCUT2D eigenvalue weighted by Crippen LogP contribution is 2.32. The highest BCUT2D eigenvalue weighted by molar-refractivity contribution is 6.44. The number of anilines is 1. The van der Waals surface area contributed by atoms with Crippen LogP contribution in [0.3, 0.4) is 0 Å². The molecule has 0 aliphatic carbocycles. The molecule has 0 spiro atoms. The first-order valence-corrected chi connectivity index (χ1v) is 10.0. The van der Waals surface area contributed by atoms with E-state index in [-0.39, 0.29) is 44.0 Å². The zero-order chi connectivity index (χ0) is 22.9. The van der Waals surface area contributed by atoms with E-state index in [1.54, 1.807) is 0 Å². The van der Waals surface area contributed by atoms with E-state index in [9.17, 15) is 19.2 Å². The molecule has 1 unspecified atom stereocenters. The Kier molecular flexibility index (Phi) is 6.69. The molecule has 0 radical (unpaired) electrons. The highest BCUT2D eigenvalue weighted by atomic mass is 35.5. The number of carbonyl (C=O) groups excluding carboxylic acids is 4. The summed E-state index contributed by atoms with van der Waals surface area (Å²) < 4.78 is 5.18. The van der Waals surface area contributed by atoms with Crippen LogP contribution in [0.4, 0.5) is 5.69 Å². The third-order valence-corrected chi connectivity index (χ3v) is 5.47. The molecular formula is C21H15Cl3N2O5. The number of halogens is 3. The minimum absolute atomic E-state index is 0.0209. The van der Waals surface area contributed by atoms with Crippen molar-refractivity contribution in [3.63, 3.8) is 0 Å². The molecule has 3 rings (SSSR count). The van der Waals surface area contributed by atoms with Crippen molar-refractivity contribution in [3.05, 3.63) is 74.7 Å². The van der Waals surface area contributed by atoms with E-state index in [4.69, 9.17) is 39.5 Å². The zero-order valence-corrected chi connectivity index (χ0v) is 18.3. The molecule has 2 aromatic rings. The van der Waals surface area contributed by atoms with E-state index in [0.717, 1.165) is 4.90 Å². The molecule has 31 heavy (non-hydrogen) atoms. The fourth-order valence-electron chi connectivity index (χ4n) is 2.85. The summed E-state index contributed by atoms with van der Waals surface area (Å²) in [5.41, 5.74) is 0.491. The van der Waals surface area contributed by atoms with Gasteiger partial charge in [-0.1, -0.05) is 40.9 Å². The van der Waals surface area contributed by atoms with Gasteiger partial charge in [0.2, 0.25) is 0 Å². The number of hydrogen-bond donors (Lipinski definition) is 1. The molecule has 160 valence electrons. The molecule has 0 saturated heterocycles. The fraction of sp³-hybridized carbons (Fsp3) is 0.143. The molecule has 1 atom stereocenters. The van der Waals surface area contributed by atoms with Gasteiger partial charge in [0.1, 0.15) is 0 Å². The summed E-state index contributed by atoms with van der Waals surface area (Å²) in [5.74, 6) is -2.49. The molecule has 1 aliphatic heterocycles. The summed E-state index contributed by atoms with van der Waals surface area (Å²) in [6, 6.07) is 6.73. The Morgan fingerprint density at radius 1 is 1.06 bits per heavy atom. The zero-order valence-electron chi connectivity index (χ0n) is 16.1. The first-order chi connectivity index (χ1) is 14.6. The van der Waals surface area contributed by atoms with E-state index in [1.807, 2.05) is 0 Å². The van der Waals surface area contributed by atoms with E-state index < -0.39 is 29.8 Å². The molecule has 0 saturated carbocycles. The maximum Gasteiger partial charge on any atom is 0.338 e. The predicted molar refractivity (Wildman–Crippen MR) is 117 cm³/mol. The summed E-state index contributed by atoms with van der Waals surface area (Å²) in [7, 11) is 0. The molecule has 1 aliphatic rings. The van der Waals surface area contributed by atoms with E-state index in [0.29, 0.717) is 0 Å². The predicted octanol–water partition coefficient (Wildman–Crippen LogP) is 4.61. The lowest BCUT2D eigenvalue weighted by Gasteiger charge is -2.15. The van der Waals surface area contributed by atoms with E-state index in [2.05, 4.69) is 11.9 Å². The first-order valence-electron chi connectivity index (χ1n) is 8.91. The van der Waals surface area contributed by atoms with Crippen LogP contribution in [-0.4, -0.2) is 41.2 Å². The lowest BCUT2D eigenvalue weighted by Crippen LogP contribution is -2.30. The van der Waals surface area contributed by atoms with Gasteiger partial charge < -0.3 is 10.1 Å². The van der Waals surface area contributed by atoms with Crippen molar-refractivity contribution in [3.8, 4) is 0 Å². The van der Waals surface area contributed by atoms with Crippen LogP contribution in [0.25, 0.3) is 0 Å². The van der Waals surface area contributed by atoms with Gasteiger partial charge in [-0.15, -0.1) is 6.58 Å². The Balaban J connectivity index is 1.72. The third-order valence-electron chi connectivity index (χ3n) is 4.44. The van der Waals surface area contributed by atoms with Crippen LogP contribution in [0.1, 0.15) is 38.0 Å². The Labute approximate surface area is 192 Å². The number of carbonyl (C=O) groups is 4. The highest BCUT2D eigenvalue weighted by Gasteiger charge is 2.35. The average Bonchev–Trinajstić information content (AvgIpc) is 2.96. The molecule has 2 aromatic carbocycles. The summed E-state index contributed by atoms with van der Waals surface area (Å²) >= 11 is 17.8. The first kappa shape index (κ1) is 22.8. The number of rotatable bonds is 6. The van der Waals surface area contributed by atoms with E-state index in [1.165, 1.54) is 43.3 Å². The summed E-state index contributed by atoms with van der Waals surface area (Å²) in [4.78, 5) is 50.5. The number of amides is 3. The molecule has 0 fully saturated rings. The number of hydrogen-bond acceptors (Lipinski definition) is 5. The fourth-order valence-corrected chi connectivity index (χ4v) is 3.44. The van der Waals surface area contributed by atoms with Crippen LogP contribution in [0.2, 0.25) is 15.1 Å². The largest absolute Gasteiger partial charge is 0.449 e. The smallest absolute Gasteiger partial charge is 0.338 e. The van der Waals surface area contributed by atoms with Crippen molar-refractivity contribution >= 4 is 64.2 Å². The molecule has 7 nitrogen and oxygen atoms in total. The van der Waals surface area contributed by atoms with Crippen LogP contribution in [-0.2, 0) is 9.53 Å². The second-order valence-electron chi connectivity index (χ2n) is 6.55. The number of fused-ring (bicyclic) bond motifs is 1. The van der Waals surface area contributed by atoms with Crippen LogP contribution in [0.15, 0.2) is 43.0 Å². The van der Waals surface area contributed by atoms with Gasteiger partial charge in [0, 0.05) is 6.54 Å². The topological polar surface area (TPSA) is 92.8 Å². The second kappa shape index (κ2) is 9.09. The molecule has 10 heteroatoms. The van der Waals surface area contributed by atoms with Crippen molar-refractivity contribution in [2.24, 2.45) is 0 Å². The van der Waals surface area contributed by atoms with Crippen molar-refractivity contribution in [2.75, 3.05) is 11.9 Å². The lowest BCUT2D eigenvalue weighted by atomic mass is 10.1. The van der Waals surface area contributed by atoms with Crippen molar-refractivity contribution in [1.29, 1.82) is 0 Å². The summed E-state index contributed by atoms with van der Waals surface area (Å²) in [6.07, 6.45) is 0.234. The van der Waals surface area contributed by atoms with Crippen molar-refractivity contribution in [1.82, 2.24) is 4.90 Å². The molecule has 1 heterocycles. The maximum absolute atomic E-state index is 12.5. The molecule has 1 N–H and O–H groups in total. The number of imide groups is 1. The molecular weight excluding hydrogens is 467 g/mol. The van der Waals surface area contributed by atoms with Crippen molar-refractivity contribution < 1.29 is 23.9 Å². The molecule has 3 amide bonds. The van der Waals surface area contributed by atoms with Gasteiger partial charge in [-0.2, -0.15) is 0 Å². The standard InChI is InChI=1S/C21H15Cl3N2O5/c1-3-6-26-19(28)12-5-4-11(7-13(12)20(26)29)21(30)31-10(2)18(27)25-17-9-15(23)14(22)8-16(17)24/h3-5,7-10H,1,6H2,2H3,(H,25,27). The van der Waals surface area contributed by atoms with Gasteiger partial charge >= 0.3 is 5.97 Å². The maximum atomic E-state index is 12.5. The van der Waals surface area contributed by atoms with Crippen LogP contribution in [0.5, 0.6) is 0 Å². The average molecular weight is 482 g/mol. The Hall–Kier alpha value is -2.87. The minimum atomic E-state index is -1.19. The second-order valence-corrected chi connectivity index (χ2v) is 7.77. The van der Waals surface area contributed by atoms with Gasteiger partial charge in [0.15, 0.2) is 6.10 Å². The minimum Gasteiger partial charge on any atom is -0.449 e. The number of ether oxygens (including phenoxy) is 1. The number of nitrogens with zero attached hydrogens (tertiary/aromatic N) is 1. The third kappa shape index (κ3) is 4.58. The van der Waals surface area contributed by atoms with Crippen molar-refractivity contribution in [2.45, 2.75) is 13.0 Å². The van der Waals surface area contributed by atoms with Gasteiger partial charge in [0.05, 0.1) is 37.4 Å². The molecule has 0 aromatic heterocycles. The number of benzene rings is 2. The van der Waals surface area contributed by atoms with Gasteiger partial charge in [-0.05, 0) is 37.3 Å². The number of nitrogens with one attached hydrogen (secondary N) is 1. The van der Waals surface area contributed by atoms with Crippen LogP contribution in [0, 0.1) is 0 Å². The normalized spacial score (nSPS) is 13.6. The Morgan fingerprint density at radius 2 is 1.71 bits per heavy atom. The summed E-state index contributed by atoms with van der Waals surface area (Å²) in [5, 5.41) is 3.07. The Bertz CT molecular complexity index is 1130. The monoisotopic (exact) mass is 480 g/mol. The van der Waals surface area contributed by atoms with Gasteiger partial charge in [-0.25, -0.2) is 4.79 Å². The summed E-state index contributed by atoms with van der Waals surface area (Å²) in [6.45, 7) is 4.94. The van der Waals surface area contributed by atoms with E-state index >= 15 is 0 Å². The van der Waals surface area contributed by atoms with Gasteiger partial charge in [0.25, 0.3) is 17.7 Å². The quantitative estimate of drug-likeness (QED) is 0.281. The van der Waals surface area contributed by atoms with Gasteiger partial charge in [-0.3, -0.25) is 19.3 Å². The van der Waals surface area contributed by atoms with Crippen LogP contribution < -0.4 is 5.32 Å². The Morgan fingerprint density at radius 3 is 2.39 bits per heavy atom.